The number of benzene rings is 2. The SMILES string of the molecule is [B]N=Nc1c(O)ccc2ccccc12. The van der Waals surface area contributed by atoms with Gasteiger partial charge in [0.05, 0.1) is 0 Å². The van der Waals surface area contributed by atoms with E-state index >= 15 is 0 Å². The Hall–Kier alpha value is -1.84. The van der Waals surface area contributed by atoms with E-state index in [2.05, 4.69) is 10.1 Å². The maximum Gasteiger partial charge on any atom is 0.293 e. The normalized spacial score (nSPS) is 11.1. The minimum atomic E-state index is 0.0814. The van der Waals surface area contributed by atoms with Gasteiger partial charge in [-0.2, -0.15) is 5.11 Å². The second-order valence-corrected chi connectivity index (χ2v) is 2.87. The van der Waals surface area contributed by atoms with Crippen LogP contribution in [0.4, 0.5) is 5.69 Å². The zero-order chi connectivity index (χ0) is 9.97. The Labute approximate surface area is 82.5 Å². The van der Waals surface area contributed by atoms with Crippen LogP contribution in [0.2, 0.25) is 0 Å². The molecule has 0 unspecified atom stereocenters. The molecule has 2 rings (SSSR count). The van der Waals surface area contributed by atoms with Crippen LogP contribution in [-0.4, -0.2) is 13.1 Å². The summed E-state index contributed by atoms with van der Waals surface area (Å²) in [6.45, 7) is 0. The highest BCUT2D eigenvalue weighted by Crippen LogP contribution is 2.34. The van der Waals surface area contributed by atoms with Crippen LogP contribution >= 0.6 is 0 Å². The molecule has 0 bridgehead atoms. The van der Waals surface area contributed by atoms with E-state index in [1.165, 1.54) is 0 Å². The average Bonchev–Trinajstić information content (AvgIpc) is 2.23. The summed E-state index contributed by atoms with van der Waals surface area (Å²) in [4.78, 5) is 0. The fraction of sp³-hybridized carbons (Fsp3) is 0. The summed E-state index contributed by atoms with van der Waals surface area (Å²) >= 11 is 0. The van der Waals surface area contributed by atoms with Gasteiger partial charge in [0.25, 0.3) is 7.98 Å². The standard InChI is InChI=1S/C10H7BN2O/c11-13-12-10-8-4-2-1-3-7(8)5-6-9(10)14/h1-6,14H. The van der Waals surface area contributed by atoms with Crippen LogP contribution in [0.3, 0.4) is 0 Å². The van der Waals surface area contributed by atoms with Crippen LogP contribution in [0.25, 0.3) is 10.8 Å². The highest BCUT2D eigenvalue weighted by Gasteiger charge is 2.04. The van der Waals surface area contributed by atoms with Crippen LogP contribution in [-0.2, 0) is 0 Å². The molecule has 0 heterocycles. The zero-order valence-corrected chi connectivity index (χ0v) is 7.38. The first-order valence-electron chi connectivity index (χ1n) is 4.14. The Morgan fingerprint density at radius 1 is 1.07 bits per heavy atom. The lowest BCUT2D eigenvalue weighted by molar-refractivity contribution is 0.477. The smallest absolute Gasteiger partial charge is 0.293 e. The topological polar surface area (TPSA) is 45.0 Å². The van der Waals surface area contributed by atoms with Gasteiger partial charge in [-0.15, -0.1) is 0 Å². The molecule has 2 aromatic rings. The van der Waals surface area contributed by atoms with E-state index in [0.29, 0.717) is 5.69 Å². The summed E-state index contributed by atoms with van der Waals surface area (Å²) in [5.74, 6) is 0.0814. The largest absolute Gasteiger partial charge is 0.506 e. The second kappa shape index (κ2) is 3.50. The van der Waals surface area contributed by atoms with Crippen molar-refractivity contribution < 1.29 is 5.11 Å². The van der Waals surface area contributed by atoms with Crippen molar-refractivity contribution in [3.8, 4) is 5.75 Å². The molecule has 66 valence electrons. The van der Waals surface area contributed by atoms with Gasteiger partial charge in [0, 0.05) is 5.39 Å². The Morgan fingerprint density at radius 3 is 2.64 bits per heavy atom. The van der Waals surface area contributed by atoms with Gasteiger partial charge in [-0.3, -0.25) is 5.03 Å². The first-order valence-corrected chi connectivity index (χ1v) is 4.14. The molecule has 0 aromatic heterocycles. The van der Waals surface area contributed by atoms with Crippen LogP contribution in [0.1, 0.15) is 0 Å². The van der Waals surface area contributed by atoms with E-state index in [9.17, 15) is 5.11 Å². The van der Waals surface area contributed by atoms with Crippen molar-refractivity contribution in [2.45, 2.75) is 0 Å². The lowest BCUT2D eigenvalue weighted by atomic mass is 10.1. The molecular weight excluding hydrogens is 175 g/mol. The summed E-state index contributed by atoms with van der Waals surface area (Å²) in [6, 6.07) is 11.0. The van der Waals surface area contributed by atoms with Gasteiger partial charge >= 0.3 is 0 Å². The highest BCUT2D eigenvalue weighted by atomic mass is 16.3. The lowest BCUT2D eigenvalue weighted by Gasteiger charge is -2.02. The van der Waals surface area contributed by atoms with Crippen molar-refractivity contribution in [3.05, 3.63) is 36.4 Å². The summed E-state index contributed by atoms with van der Waals surface area (Å²) in [5, 5.41) is 18.2. The highest BCUT2D eigenvalue weighted by molar-refractivity contribution is 6.05. The van der Waals surface area contributed by atoms with Crippen molar-refractivity contribution in [2.75, 3.05) is 0 Å². The predicted octanol–water partition coefficient (Wildman–Crippen LogP) is 2.71. The van der Waals surface area contributed by atoms with Gasteiger partial charge in [0.15, 0.2) is 0 Å². The number of hydrogen-bond donors (Lipinski definition) is 1. The summed E-state index contributed by atoms with van der Waals surface area (Å²) in [7, 11) is 4.97. The molecule has 0 aliphatic rings. The lowest BCUT2D eigenvalue weighted by Crippen LogP contribution is -1.74. The predicted molar refractivity (Wildman–Crippen MR) is 55.9 cm³/mol. The third-order valence-electron chi connectivity index (χ3n) is 2.04. The number of phenolic OH excluding ortho intramolecular Hbond substituents is 1. The van der Waals surface area contributed by atoms with Gasteiger partial charge in [0.2, 0.25) is 0 Å². The van der Waals surface area contributed by atoms with Gasteiger partial charge in [0.1, 0.15) is 11.4 Å². The van der Waals surface area contributed by atoms with Gasteiger partial charge < -0.3 is 5.11 Å². The number of hydrogen-bond acceptors (Lipinski definition) is 3. The fourth-order valence-electron chi connectivity index (χ4n) is 1.41. The van der Waals surface area contributed by atoms with Crippen molar-refractivity contribution in [1.82, 2.24) is 0 Å². The molecule has 0 atom stereocenters. The van der Waals surface area contributed by atoms with Crippen LogP contribution in [0, 0.1) is 0 Å². The maximum absolute atomic E-state index is 9.53. The summed E-state index contributed by atoms with van der Waals surface area (Å²) in [6.07, 6.45) is 0. The van der Waals surface area contributed by atoms with E-state index < -0.39 is 0 Å². The molecule has 0 saturated carbocycles. The van der Waals surface area contributed by atoms with E-state index in [1.54, 1.807) is 6.07 Å². The molecule has 2 aromatic carbocycles. The van der Waals surface area contributed by atoms with E-state index in [1.807, 2.05) is 30.3 Å². The molecule has 0 amide bonds. The van der Waals surface area contributed by atoms with E-state index in [4.69, 9.17) is 7.98 Å². The summed E-state index contributed by atoms with van der Waals surface area (Å²) in [5.41, 5.74) is 0.408. The third kappa shape index (κ3) is 1.35. The molecule has 0 aliphatic heterocycles. The van der Waals surface area contributed by atoms with Crippen molar-refractivity contribution in [3.63, 3.8) is 0 Å². The third-order valence-corrected chi connectivity index (χ3v) is 2.04. The first-order chi connectivity index (χ1) is 6.83. The number of phenols is 1. The number of nitrogens with zero attached hydrogens (tertiary/aromatic N) is 2. The van der Waals surface area contributed by atoms with Gasteiger partial charge in [-0.05, 0) is 11.5 Å². The quantitative estimate of drug-likeness (QED) is 0.534. The van der Waals surface area contributed by atoms with Gasteiger partial charge in [-0.1, -0.05) is 30.3 Å². The van der Waals surface area contributed by atoms with E-state index in [0.717, 1.165) is 10.8 Å². The molecule has 4 heteroatoms. The maximum atomic E-state index is 9.53. The number of fused-ring (bicyclic) bond motifs is 1. The van der Waals surface area contributed by atoms with Crippen molar-refractivity contribution >= 4 is 24.4 Å². The fourth-order valence-corrected chi connectivity index (χ4v) is 1.41. The Morgan fingerprint density at radius 2 is 1.86 bits per heavy atom. The van der Waals surface area contributed by atoms with E-state index in [-0.39, 0.29) is 5.75 Å². The first kappa shape index (κ1) is 8.75. The second-order valence-electron chi connectivity index (χ2n) is 2.87. The molecule has 0 fully saturated rings. The average molecular weight is 182 g/mol. The number of aromatic hydroxyl groups is 1. The van der Waals surface area contributed by atoms with Gasteiger partial charge in [-0.25, -0.2) is 0 Å². The number of rotatable bonds is 1. The van der Waals surface area contributed by atoms with Crippen LogP contribution < -0.4 is 0 Å². The van der Waals surface area contributed by atoms with Crippen molar-refractivity contribution in [2.24, 2.45) is 10.1 Å². The molecule has 2 radical (unpaired) electrons. The minimum Gasteiger partial charge on any atom is -0.506 e. The van der Waals surface area contributed by atoms with Crippen LogP contribution in [0.15, 0.2) is 46.5 Å². The molecule has 14 heavy (non-hydrogen) atoms. The summed E-state index contributed by atoms with van der Waals surface area (Å²) < 4.78 is 0. The van der Waals surface area contributed by atoms with Crippen molar-refractivity contribution in [1.29, 1.82) is 0 Å². The zero-order valence-electron chi connectivity index (χ0n) is 7.38. The Balaban J connectivity index is 2.82. The molecule has 0 aliphatic carbocycles. The molecule has 1 N–H and O–H groups in total. The molecule has 0 spiro atoms. The molecule has 3 nitrogen and oxygen atoms in total. The Kier molecular flexibility index (Phi) is 2.19. The monoisotopic (exact) mass is 182 g/mol. The molecule has 0 saturated heterocycles. The molecular formula is C10H7BN2O. The Bertz CT molecular complexity index is 496. The minimum absolute atomic E-state index is 0.0814. The van der Waals surface area contributed by atoms with Crippen LogP contribution in [0.5, 0.6) is 5.75 Å².